The van der Waals surface area contributed by atoms with Gasteiger partial charge in [0.05, 0.1) is 6.04 Å². The van der Waals surface area contributed by atoms with Crippen LogP contribution in [0, 0.1) is 5.92 Å². The van der Waals surface area contributed by atoms with Crippen LogP contribution in [0.15, 0.2) is 54.6 Å². The lowest BCUT2D eigenvalue weighted by molar-refractivity contribution is -0.145. The number of primary amides is 2. The van der Waals surface area contributed by atoms with Crippen LogP contribution in [0.3, 0.4) is 0 Å². The van der Waals surface area contributed by atoms with Gasteiger partial charge in [-0.3, -0.25) is 47.9 Å². The molecule has 0 bridgehead atoms. The highest BCUT2D eigenvalue weighted by molar-refractivity contribution is 5.99. The standard InChI is InChI=1S/C54H75N11O13/c1-31(2)28-38(52(75)64-26-9-15-43(64)50(73)62-40(54(77)78)30-33-16-18-34(66)19-17-33)60-47(70)36(20-22-44(55)67)58-48(71)41-13-7-25-63(41)51(74)37(21-23-45(56)68)59-49(72)42-14-8-27-65(42)53(76)39(29-32-10-4-3-5-11-32)61-46(69)35-12-6-24-57-35/h3-5,10-11,16-19,31,35-43,57,66H,6-9,12-15,20-30H2,1-2H3,(H2,55,67)(H2,56,68)(H,58,71)(H,59,72)(H,60,70)(H,61,69)(H,62,73)(H,77,78)/t35-,36-,37-,38-,39-,40-,41-,42-,43-/m0/s1. The molecule has 12 N–H and O–H groups in total. The largest absolute Gasteiger partial charge is 0.508 e. The predicted octanol–water partition coefficient (Wildman–Crippen LogP) is -1.01. The molecule has 24 nitrogen and oxygen atoms in total. The zero-order valence-electron chi connectivity index (χ0n) is 44.3. The fraction of sp³-hybridized carbons (Fsp3) is 0.574. The fourth-order valence-electron chi connectivity index (χ4n) is 10.7. The van der Waals surface area contributed by atoms with E-state index in [4.69, 9.17) is 11.5 Å². The number of nitrogens with zero attached hydrogens (tertiary/aromatic N) is 3. The number of aliphatic carboxylic acids is 1. The maximum atomic E-state index is 14.5. The Bertz CT molecular complexity index is 2510. The van der Waals surface area contributed by atoms with Crippen molar-refractivity contribution in [1.82, 2.24) is 46.6 Å². The lowest BCUT2D eigenvalue weighted by Gasteiger charge is -2.33. The number of aromatic hydroxyl groups is 1. The van der Waals surface area contributed by atoms with Gasteiger partial charge in [-0.2, -0.15) is 0 Å². The maximum absolute atomic E-state index is 14.5. The average Bonchev–Trinajstić information content (AvgIpc) is 4.27. The Labute approximate surface area is 452 Å². The Hall–Kier alpha value is -7.63. The second kappa shape index (κ2) is 28.1. The molecule has 24 heteroatoms. The summed E-state index contributed by atoms with van der Waals surface area (Å²) in [4.78, 5) is 153. The summed E-state index contributed by atoms with van der Waals surface area (Å²) in [5.41, 5.74) is 12.3. The molecular weight excluding hydrogens is 1010 g/mol. The molecular formula is C54H75N11O13. The number of nitrogens with two attached hydrogens (primary N) is 2. The first kappa shape index (κ1) is 59.6. The van der Waals surface area contributed by atoms with Crippen LogP contribution in [0.25, 0.3) is 0 Å². The highest BCUT2D eigenvalue weighted by Gasteiger charge is 2.44. The van der Waals surface area contributed by atoms with Crippen molar-refractivity contribution >= 4 is 65.0 Å². The molecule has 0 radical (unpaired) electrons. The average molecular weight is 1090 g/mol. The van der Waals surface area contributed by atoms with Crippen LogP contribution >= 0.6 is 0 Å². The van der Waals surface area contributed by atoms with E-state index in [0.717, 1.165) is 12.0 Å². The predicted molar refractivity (Wildman–Crippen MR) is 281 cm³/mol. The van der Waals surface area contributed by atoms with E-state index in [0.29, 0.717) is 37.8 Å². The third kappa shape index (κ3) is 16.4. The third-order valence-electron chi connectivity index (χ3n) is 14.7. The number of hydrogen-bond acceptors (Lipinski definition) is 13. The van der Waals surface area contributed by atoms with Crippen LogP contribution in [0.4, 0.5) is 0 Å². The molecule has 4 saturated heterocycles. The van der Waals surface area contributed by atoms with Crippen LogP contribution in [0.5, 0.6) is 5.75 Å². The Morgan fingerprint density at radius 3 is 1.49 bits per heavy atom. The van der Waals surface area contributed by atoms with Crippen molar-refractivity contribution in [2.24, 2.45) is 17.4 Å². The van der Waals surface area contributed by atoms with Crippen molar-refractivity contribution in [2.45, 2.75) is 165 Å². The lowest BCUT2D eigenvalue weighted by atomic mass is 10.0. The number of amides is 10. The highest BCUT2D eigenvalue weighted by Crippen LogP contribution is 2.25. The summed E-state index contributed by atoms with van der Waals surface area (Å²) < 4.78 is 0. The number of carboxylic acid groups (broad SMARTS) is 1. The summed E-state index contributed by atoms with van der Waals surface area (Å²) >= 11 is 0. The Kier molecular flexibility index (Phi) is 21.5. The molecule has 10 amide bonds. The number of likely N-dealkylation sites (tertiary alicyclic amines) is 3. The normalized spacial score (nSPS) is 20.9. The number of phenols is 1. The van der Waals surface area contributed by atoms with E-state index in [1.807, 2.05) is 44.2 Å². The number of rotatable bonds is 26. The molecule has 0 aliphatic carbocycles. The molecule has 2 aromatic rings. The molecule has 0 aromatic heterocycles. The number of nitrogens with one attached hydrogen (secondary N) is 6. The molecule has 6 rings (SSSR count). The van der Waals surface area contributed by atoms with E-state index in [1.165, 1.54) is 39.0 Å². The summed E-state index contributed by atoms with van der Waals surface area (Å²) in [5, 5.41) is 36.3. The van der Waals surface area contributed by atoms with Gasteiger partial charge in [-0.15, -0.1) is 0 Å². The van der Waals surface area contributed by atoms with Gasteiger partial charge in [0.1, 0.15) is 54.1 Å². The van der Waals surface area contributed by atoms with Gasteiger partial charge < -0.3 is 68.3 Å². The quantitative estimate of drug-likeness (QED) is 0.0540. The molecule has 0 spiro atoms. The highest BCUT2D eigenvalue weighted by atomic mass is 16.4. The van der Waals surface area contributed by atoms with Gasteiger partial charge in [-0.25, -0.2) is 4.79 Å². The summed E-state index contributed by atoms with van der Waals surface area (Å²) in [6.07, 6.45) is 2.05. The van der Waals surface area contributed by atoms with Gasteiger partial charge in [-0.05, 0) is 106 Å². The van der Waals surface area contributed by atoms with Gasteiger partial charge in [-0.1, -0.05) is 56.3 Å². The van der Waals surface area contributed by atoms with Gasteiger partial charge in [0, 0.05) is 45.3 Å². The number of carbonyl (C=O) groups excluding carboxylic acids is 10. The molecule has 4 aliphatic rings. The number of hydrogen-bond donors (Lipinski definition) is 10. The Balaban J connectivity index is 1.14. The fourth-order valence-corrected chi connectivity index (χ4v) is 10.7. The van der Waals surface area contributed by atoms with Crippen molar-refractivity contribution in [3.05, 3.63) is 65.7 Å². The number of phenolic OH excluding ortho intramolecular Hbond substituents is 1. The van der Waals surface area contributed by atoms with Crippen molar-refractivity contribution in [2.75, 3.05) is 26.2 Å². The molecule has 9 atom stereocenters. The van der Waals surface area contributed by atoms with Crippen molar-refractivity contribution in [3.8, 4) is 5.75 Å². The van der Waals surface area contributed by atoms with E-state index >= 15 is 0 Å². The number of carboxylic acids is 1. The Morgan fingerprint density at radius 2 is 1.00 bits per heavy atom. The van der Waals surface area contributed by atoms with Crippen molar-refractivity contribution < 1.29 is 63.0 Å². The Morgan fingerprint density at radius 1 is 0.551 bits per heavy atom. The van der Waals surface area contributed by atoms with Crippen LogP contribution in [-0.4, -0.2) is 171 Å². The van der Waals surface area contributed by atoms with Crippen LogP contribution in [0.2, 0.25) is 0 Å². The lowest BCUT2D eigenvalue weighted by Crippen LogP contribution is -2.60. The van der Waals surface area contributed by atoms with Crippen LogP contribution in [0.1, 0.15) is 108 Å². The first-order valence-electron chi connectivity index (χ1n) is 27.0. The summed E-state index contributed by atoms with van der Waals surface area (Å²) in [5.74, 6) is -8.28. The van der Waals surface area contributed by atoms with Gasteiger partial charge in [0.25, 0.3) is 0 Å². The zero-order valence-corrected chi connectivity index (χ0v) is 44.3. The zero-order chi connectivity index (χ0) is 56.6. The summed E-state index contributed by atoms with van der Waals surface area (Å²) in [7, 11) is 0. The van der Waals surface area contributed by atoms with E-state index < -0.39 is 114 Å². The van der Waals surface area contributed by atoms with Gasteiger partial charge in [0.2, 0.25) is 59.1 Å². The molecule has 0 unspecified atom stereocenters. The first-order chi connectivity index (χ1) is 37.2. The molecule has 4 heterocycles. The third-order valence-corrected chi connectivity index (χ3v) is 14.7. The minimum absolute atomic E-state index is 0.0192. The minimum Gasteiger partial charge on any atom is -0.508 e. The van der Waals surface area contributed by atoms with Gasteiger partial charge in [0.15, 0.2) is 0 Å². The summed E-state index contributed by atoms with van der Waals surface area (Å²) in [6, 6.07) is 4.72. The number of benzene rings is 2. The van der Waals surface area contributed by atoms with E-state index in [1.54, 1.807) is 0 Å². The second-order valence-electron chi connectivity index (χ2n) is 21.1. The second-order valence-corrected chi connectivity index (χ2v) is 21.1. The molecule has 4 fully saturated rings. The molecule has 2 aromatic carbocycles. The van der Waals surface area contributed by atoms with E-state index in [2.05, 4.69) is 31.9 Å². The smallest absolute Gasteiger partial charge is 0.326 e. The minimum atomic E-state index is -1.46. The number of carbonyl (C=O) groups is 11. The molecule has 0 saturated carbocycles. The monoisotopic (exact) mass is 1090 g/mol. The molecule has 424 valence electrons. The van der Waals surface area contributed by atoms with Crippen LogP contribution in [-0.2, 0) is 65.6 Å². The maximum Gasteiger partial charge on any atom is 0.326 e. The molecule has 78 heavy (non-hydrogen) atoms. The van der Waals surface area contributed by atoms with Gasteiger partial charge >= 0.3 is 5.97 Å². The molecule has 4 aliphatic heterocycles. The van der Waals surface area contributed by atoms with E-state index in [9.17, 15) is 63.0 Å². The van der Waals surface area contributed by atoms with Crippen LogP contribution < -0.4 is 43.4 Å². The topological polar surface area (TPSA) is 362 Å². The van der Waals surface area contributed by atoms with Crippen molar-refractivity contribution in [1.29, 1.82) is 0 Å². The first-order valence-corrected chi connectivity index (χ1v) is 27.0. The van der Waals surface area contributed by atoms with Crippen molar-refractivity contribution in [3.63, 3.8) is 0 Å². The summed E-state index contributed by atoms with van der Waals surface area (Å²) in [6.45, 7) is 4.64. The SMILES string of the molecule is CC(C)C[C@H](NC(=O)[C@H](CCC(N)=O)NC(=O)[C@@H]1CCCN1C(=O)[C@H](CCC(N)=O)NC(=O)[C@@H]1CCCN1C(=O)[C@H](Cc1ccccc1)NC(=O)[C@@H]1CCCN1)C(=O)N1CCC[C@H]1C(=O)N[C@@H](Cc1ccc(O)cc1)C(=O)O. The van der Waals surface area contributed by atoms with E-state index in [-0.39, 0.29) is 101 Å².